The molecule has 0 saturated heterocycles. The van der Waals surface area contributed by atoms with Gasteiger partial charge in [-0.15, -0.1) is 0 Å². The Morgan fingerprint density at radius 3 is 2.26 bits per heavy atom. The Kier molecular flexibility index (Phi) is 6.90. The summed E-state index contributed by atoms with van der Waals surface area (Å²) < 4.78 is 0. The highest BCUT2D eigenvalue weighted by molar-refractivity contribution is 6.04. The fourth-order valence-corrected chi connectivity index (χ4v) is 2.90. The molecule has 1 heteroatoms. The third-order valence-corrected chi connectivity index (χ3v) is 4.64. The van der Waals surface area contributed by atoms with E-state index in [1.165, 1.54) is 0 Å². The van der Waals surface area contributed by atoms with Crippen LogP contribution in [0.15, 0.2) is 84.4 Å². The Morgan fingerprint density at radius 2 is 1.63 bits per heavy atom. The third kappa shape index (κ3) is 5.04. The molecule has 27 heavy (non-hydrogen) atoms. The molecular weight excluding hydrogens is 326 g/mol. The van der Waals surface area contributed by atoms with Crippen molar-refractivity contribution in [1.82, 2.24) is 0 Å². The van der Waals surface area contributed by atoms with Crippen molar-refractivity contribution in [2.24, 2.45) is 4.99 Å². The molecule has 0 spiro atoms. The van der Waals surface area contributed by atoms with Crippen LogP contribution in [0.2, 0.25) is 0 Å². The summed E-state index contributed by atoms with van der Waals surface area (Å²) in [5.74, 6) is 0. The first-order valence-electron chi connectivity index (χ1n) is 9.25. The number of benzene rings is 2. The zero-order valence-corrected chi connectivity index (χ0v) is 17.1. The van der Waals surface area contributed by atoms with Gasteiger partial charge in [-0.05, 0) is 68.5 Å². The third-order valence-electron chi connectivity index (χ3n) is 4.64. The Balaban J connectivity index is 2.47. The second-order valence-corrected chi connectivity index (χ2v) is 6.88. The van der Waals surface area contributed by atoms with Crippen LogP contribution >= 0.6 is 0 Å². The number of aliphatic imine (C=N–C) groups is 1. The molecule has 0 radical (unpaired) electrons. The minimum atomic E-state index is 0.974. The van der Waals surface area contributed by atoms with E-state index in [0.29, 0.717) is 0 Å². The van der Waals surface area contributed by atoms with Crippen molar-refractivity contribution in [1.29, 1.82) is 0 Å². The van der Waals surface area contributed by atoms with Gasteiger partial charge in [-0.2, -0.15) is 0 Å². The predicted molar refractivity (Wildman–Crippen MR) is 122 cm³/mol. The van der Waals surface area contributed by atoms with Gasteiger partial charge in [0, 0.05) is 11.3 Å². The van der Waals surface area contributed by atoms with E-state index in [1.807, 2.05) is 38.1 Å². The summed E-state index contributed by atoms with van der Waals surface area (Å²) in [7, 11) is 0. The lowest BCUT2D eigenvalue weighted by Crippen LogP contribution is -1.99. The number of hydrogen-bond acceptors (Lipinski definition) is 1. The minimum absolute atomic E-state index is 0.974. The quantitative estimate of drug-likeness (QED) is 0.372. The van der Waals surface area contributed by atoms with Crippen LogP contribution in [0, 0.1) is 6.92 Å². The number of rotatable bonds is 6. The maximum absolute atomic E-state index is 4.94. The fourth-order valence-electron chi connectivity index (χ4n) is 2.90. The van der Waals surface area contributed by atoms with Gasteiger partial charge >= 0.3 is 0 Å². The van der Waals surface area contributed by atoms with E-state index in [-0.39, 0.29) is 0 Å². The zero-order chi connectivity index (χ0) is 20.0. The van der Waals surface area contributed by atoms with Crippen LogP contribution in [0.25, 0.3) is 11.1 Å². The van der Waals surface area contributed by atoms with Crippen LogP contribution in [-0.4, -0.2) is 5.71 Å². The van der Waals surface area contributed by atoms with Crippen molar-refractivity contribution in [2.75, 3.05) is 0 Å². The highest BCUT2D eigenvalue weighted by Gasteiger charge is 2.08. The molecule has 2 aromatic carbocycles. The molecule has 2 rings (SSSR count). The largest absolute Gasteiger partial charge is 0.253 e. The molecule has 0 N–H and O–H groups in total. The molecule has 0 aliphatic heterocycles. The average molecular weight is 356 g/mol. The second-order valence-electron chi connectivity index (χ2n) is 6.88. The standard InChI is InChI=1S/C26H29N/c1-8-9-12-19(4)21(6)23-16-15-20(5)26(17-23)27-22(7)25-14-11-10-13-24(25)18(2)3/h8-17H,2,6H2,1,3-5,7H3/b9-8-,19-12+,27-22?. The average Bonchev–Trinajstić information content (AvgIpc) is 2.67. The van der Waals surface area contributed by atoms with Crippen molar-refractivity contribution in [3.05, 3.63) is 102 Å². The van der Waals surface area contributed by atoms with Gasteiger partial charge < -0.3 is 0 Å². The molecule has 0 fully saturated rings. The zero-order valence-electron chi connectivity index (χ0n) is 17.1. The molecular formula is C26H29N. The molecule has 0 bridgehead atoms. The molecule has 0 aliphatic rings. The SMILES string of the molecule is C=C(/C(C)=C/C=C\C)c1ccc(C)c(N=C(C)c2ccccc2C(=C)C)c1. The lowest BCUT2D eigenvalue weighted by Gasteiger charge is -2.12. The lowest BCUT2D eigenvalue weighted by atomic mass is 9.97. The monoisotopic (exact) mass is 355 g/mol. The van der Waals surface area contributed by atoms with Crippen molar-refractivity contribution < 1.29 is 0 Å². The number of nitrogens with zero attached hydrogens (tertiary/aromatic N) is 1. The summed E-state index contributed by atoms with van der Waals surface area (Å²) in [6.45, 7) is 18.6. The van der Waals surface area contributed by atoms with E-state index in [9.17, 15) is 0 Å². The van der Waals surface area contributed by atoms with Gasteiger partial charge in [0.15, 0.2) is 0 Å². The normalized spacial score (nSPS) is 12.5. The first-order valence-corrected chi connectivity index (χ1v) is 9.25. The molecule has 0 unspecified atom stereocenters. The molecule has 138 valence electrons. The first kappa shape index (κ1) is 20.4. The van der Waals surface area contributed by atoms with Crippen LogP contribution in [-0.2, 0) is 0 Å². The molecule has 0 aliphatic carbocycles. The van der Waals surface area contributed by atoms with Crippen molar-refractivity contribution >= 4 is 22.5 Å². The van der Waals surface area contributed by atoms with Crippen molar-refractivity contribution in [2.45, 2.75) is 34.6 Å². The number of aryl methyl sites for hydroxylation is 1. The lowest BCUT2D eigenvalue weighted by molar-refractivity contribution is 1.36. The molecule has 0 amide bonds. The van der Waals surface area contributed by atoms with Gasteiger partial charge in [0.25, 0.3) is 0 Å². The van der Waals surface area contributed by atoms with Gasteiger partial charge in [-0.25, -0.2) is 0 Å². The predicted octanol–water partition coefficient (Wildman–Crippen LogP) is 7.70. The summed E-state index contributed by atoms with van der Waals surface area (Å²) in [4.78, 5) is 4.94. The van der Waals surface area contributed by atoms with Gasteiger partial charge in [0.2, 0.25) is 0 Å². The maximum Gasteiger partial charge on any atom is 0.0668 e. The summed E-state index contributed by atoms with van der Waals surface area (Å²) in [6.07, 6.45) is 6.13. The van der Waals surface area contributed by atoms with Crippen LogP contribution < -0.4 is 0 Å². The Hall–Kier alpha value is -2.93. The minimum Gasteiger partial charge on any atom is -0.253 e. The van der Waals surface area contributed by atoms with E-state index in [4.69, 9.17) is 4.99 Å². The van der Waals surface area contributed by atoms with E-state index in [2.05, 4.69) is 70.3 Å². The van der Waals surface area contributed by atoms with Crippen molar-refractivity contribution in [3.63, 3.8) is 0 Å². The Morgan fingerprint density at radius 1 is 0.963 bits per heavy atom. The Bertz CT molecular complexity index is 952. The summed E-state index contributed by atoms with van der Waals surface area (Å²) >= 11 is 0. The van der Waals surface area contributed by atoms with Gasteiger partial charge in [-0.1, -0.05) is 73.4 Å². The van der Waals surface area contributed by atoms with Crippen molar-refractivity contribution in [3.8, 4) is 0 Å². The molecule has 0 heterocycles. The van der Waals surface area contributed by atoms with Crippen LogP contribution in [0.4, 0.5) is 5.69 Å². The molecule has 0 saturated carbocycles. The molecule has 0 aromatic heterocycles. The molecule has 2 aromatic rings. The Labute approximate surface area is 164 Å². The van der Waals surface area contributed by atoms with Gasteiger partial charge in [0.05, 0.1) is 5.69 Å². The van der Waals surface area contributed by atoms with E-state index < -0.39 is 0 Å². The summed E-state index contributed by atoms with van der Waals surface area (Å²) in [5.41, 5.74) is 9.68. The topological polar surface area (TPSA) is 12.4 Å². The van der Waals surface area contributed by atoms with Crippen LogP contribution in [0.3, 0.4) is 0 Å². The first-order chi connectivity index (χ1) is 12.8. The van der Waals surface area contributed by atoms with E-state index in [0.717, 1.165) is 50.4 Å². The van der Waals surface area contributed by atoms with E-state index >= 15 is 0 Å². The highest BCUT2D eigenvalue weighted by atomic mass is 14.7. The number of hydrogen-bond donors (Lipinski definition) is 0. The highest BCUT2D eigenvalue weighted by Crippen LogP contribution is 2.29. The van der Waals surface area contributed by atoms with Gasteiger partial charge in [0.1, 0.15) is 0 Å². The number of allylic oxidation sites excluding steroid dienone is 6. The maximum atomic E-state index is 4.94. The second kappa shape index (κ2) is 9.14. The van der Waals surface area contributed by atoms with E-state index in [1.54, 1.807) is 0 Å². The summed E-state index contributed by atoms with van der Waals surface area (Å²) in [5, 5.41) is 0. The smallest absolute Gasteiger partial charge is 0.0668 e. The van der Waals surface area contributed by atoms with Gasteiger partial charge in [-0.3, -0.25) is 4.99 Å². The fraction of sp³-hybridized carbons (Fsp3) is 0.192. The van der Waals surface area contributed by atoms with Crippen LogP contribution in [0.1, 0.15) is 49.9 Å². The van der Waals surface area contributed by atoms with Crippen LogP contribution in [0.5, 0.6) is 0 Å². The summed E-state index contributed by atoms with van der Waals surface area (Å²) in [6, 6.07) is 14.6. The molecule has 1 nitrogen and oxygen atoms in total. The molecule has 0 atom stereocenters.